The first-order valence-corrected chi connectivity index (χ1v) is 4.82. The predicted octanol–water partition coefficient (Wildman–Crippen LogP) is 0.184. The predicted molar refractivity (Wildman–Crippen MR) is 54.7 cm³/mol. The van der Waals surface area contributed by atoms with Crippen molar-refractivity contribution in [2.24, 2.45) is 0 Å². The van der Waals surface area contributed by atoms with Gasteiger partial charge in [-0.2, -0.15) is 0 Å². The van der Waals surface area contributed by atoms with Crippen molar-refractivity contribution in [2.75, 3.05) is 13.2 Å². The number of aliphatic carboxylic acids is 1. The normalized spacial score (nSPS) is 12.3. The molecule has 6 heteroatoms. The maximum atomic E-state index is 11.1. The molecule has 2 amide bonds. The van der Waals surface area contributed by atoms with Crippen LogP contribution in [0.3, 0.4) is 0 Å². The number of rotatable bonds is 6. The summed E-state index contributed by atoms with van der Waals surface area (Å²) >= 11 is 0. The van der Waals surface area contributed by atoms with Crippen molar-refractivity contribution in [1.82, 2.24) is 10.6 Å². The van der Waals surface area contributed by atoms with E-state index < -0.39 is 18.0 Å². The highest BCUT2D eigenvalue weighted by Crippen LogP contribution is 1.85. The number of carbonyl (C=O) groups is 2. The van der Waals surface area contributed by atoms with Crippen LogP contribution in [0.2, 0.25) is 0 Å². The number of hydrogen-bond acceptors (Lipinski definition) is 3. The Morgan fingerprint density at radius 2 is 1.93 bits per heavy atom. The molecule has 0 aromatic carbocycles. The molecule has 0 saturated carbocycles. The third-order valence-corrected chi connectivity index (χ3v) is 1.56. The van der Waals surface area contributed by atoms with Gasteiger partial charge < -0.3 is 20.5 Å². The van der Waals surface area contributed by atoms with Crippen molar-refractivity contribution in [1.29, 1.82) is 0 Å². The van der Waals surface area contributed by atoms with Crippen molar-refractivity contribution >= 4 is 12.0 Å². The first kappa shape index (κ1) is 13.7. The molecule has 0 radical (unpaired) electrons. The molecule has 0 saturated heterocycles. The van der Waals surface area contributed by atoms with E-state index in [2.05, 4.69) is 10.6 Å². The Balaban J connectivity index is 3.54. The highest BCUT2D eigenvalue weighted by atomic mass is 16.5. The van der Waals surface area contributed by atoms with E-state index in [0.717, 1.165) is 0 Å². The van der Waals surface area contributed by atoms with Crippen LogP contribution in [-0.4, -0.2) is 42.4 Å². The fourth-order valence-corrected chi connectivity index (χ4v) is 0.769. The standard InChI is InChI=1S/C9H18N2O4/c1-6(2)15-5-4-10-9(14)11-7(3)8(12)13/h6-7H,4-5H2,1-3H3,(H,12,13)(H2,10,11,14). The maximum Gasteiger partial charge on any atom is 0.325 e. The van der Waals surface area contributed by atoms with Crippen LogP contribution in [0.4, 0.5) is 4.79 Å². The summed E-state index contributed by atoms with van der Waals surface area (Å²) in [6.07, 6.45) is 0.118. The Labute approximate surface area is 89.0 Å². The highest BCUT2D eigenvalue weighted by Gasteiger charge is 2.12. The van der Waals surface area contributed by atoms with Gasteiger partial charge in [0, 0.05) is 6.54 Å². The molecule has 0 aromatic rings. The number of carboxylic acid groups (broad SMARTS) is 1. The largest absolute Gasteiger partial charge is 0.480 e. The molecular formula is C9H18N2O4. The molecule has 0 rings (SSSR count). The summed E-state index contributed by atoms with van der Waals surface area (Å²) < 4.78 is 5.19. The van der Waals surface area contributed by atoms with Gasteiger partial charge in [-0.05, 0) is 20.8 Å². The molecule has 0 aliphatic heterocycles. The van der Waals surface area contributed by atoms with E-state index in [1.54, 1.807) is 0 Å². The van der Waals surface area contributed by atoms with E-state index in [1.807, 2.05) is 13.8 Å². The van der Waals surface area contributed by atoms with Crippen LogP contribution in [-0.2, 0) is 9.53 Å². The zero-order valence-corrected chi connectivity index (χ0v) is 9.24. The minimum absolute atomic E-state index is 0.118. The molecule has 3 N–H and O–H groups in total. The first-order chi connectivity index (χ1) is 6.93. The van der Waals surface area contributed by atoms with Gasteiger partial charge in [-0.15, -0.1) is 0 Å². The van der Waals surface area contributed by atoms with E-state index in [4.69, 9.17) is 9.84 Å². The Morgan fingerprint density at radius 1 is 1.33 bits per heavy atom. The van der Waals surface area contributed by atoms with Gasteiger partial charge in [0.05, 0.1) is 12.7 Å². The quantitative estimate of drug-likeness (QED) is 0.555. The summed E-state index contributed by atoms with van der Waals surface area (Å²) in [5.74, 6) is -1.07. The molecule has 0 aliphatic rings. The van der Waals surface area contributed by atoms with Crippen LogP contribution in [0.25, 0.3) is 0 Å². The lowest BCUT2D eigenvalue weighted by Crippen LogP contribution is -2.45. The zero-order valence-electron chi connectivity index (χ0n) is 9.24. The van der Waals surface area contributed by atoms with Gasteiger partial charge in [-0.1, -0.05) is 0 Å². The van der Waals surface area contributed by atoms with E-state index in [1.165, 1.54) is 6.92 Å². The summed E-state index contributed by atoms with van der Waals surface area (Å²) in [6.45, 7) is 5.95. The van der Waals surface area contributed by atoms with Crippen LogP contribution in [0.15, 0.2) is 0 Å². The Morgan fingerprint density at radius 3 is 2.40 bits per heavy atom. The summed E-state index contributed by atoms with van der Waals surface area (Å²) in [4.78, 5) is 21.4. The highest BCUT2D eigenvalue weighted by molar-refractivity contribution is 5.82. The first-order valence-electron chi connectivity index (χ1n) is 4.82. The molecule has 1 unspecified atom stereocenters. The van der Waals surface area contributed by atoms with Gasteiger partial charge in [-0.3, -0.25) is 4.79 Å². The van der Waals surface area contributed by atoms with Crippen molar-refractivity contribution in [2.45, 2.75) is 32.9 Å². The van der Waals surface area contributed by atoms with Gasteiger partial charge in [-0.25, -0.2) is 4.79 Å². The molecule has 1 atom stereocenters. The minimum atomic E-state index is -1.07. The number of nitrogens with one attached hydrogen (secondary N) is 2. The lowest BCUT2D eigenvalue weighted by Gasteiger charge is -2.11. The monoisotopic (exact) mass is 218 g/mol. The lowest BCUT2D eigenvalue weighted by molar-refractivity contribution is -0.138. The van der Waals surface area contributed by atoms with Crippen LogP contribution >= 0.6 is 0 Å². The van der Waals surface area contributed by atoms with E-state index in [0.29, 0.717) is 13.2 Å². The summed E-state index contributed by atoms with van der Waals surface area (Å²) in [6, 6.07) is -1.40. The minimum Gasteiger partial charge on any atom is -0.480 e. The van der Waals surface area contributed by atoms with Crippen molar-refractivity contribution in [3.8, 4) is 0 Å². The van der Waals surface area contributed by atoms with Crippen LogP contribution in [0.5, 0.6) is 0 Å². The molecule has 88 valence electrons. The summed E-state index contributed by atoms with van der Waals surface area (Å²) in [5, 5.41) is 13.3. The molecule has 6 nitrogen and oxygen atoms in total. The number of amides is 2. The SMILES string of the molecule is CC(C)OCCNC(=O)NC(C)C(=O)O. The summed E-state index contributed by atoms with van der Waals surface area (Å²) in [7, 11) is 0. The van der Waals surface area contributed by atoms with E-state index in [-0.39, 0.29) is 6.10 Å². The Kier molecular flexibility index (Phi) is 6.44. The molecule has 0 aliphatic carbocycles. The second-order valence-corrected chi connectivity index (χ2v) is 3.38. The maximum absolute atomic E-state index is 11.1. The fourth-order valence-electron chi connectivity index (χ4n) is 0.769. The zero-order chi connectivity index (χ0) is 11.8. The van der Waals surface area contributed by atoms with Crippen molar-refractivity contribution in [3.63, 3.8) is 0 Å². The lowest BCUT2D eigenvalue weighted by atomic mass is 10.3. The number of hydrogen-bond donors (Lipinski definition) is 3. The molecule has 0 spiro atoms. The number of carbonyl (C=O) groups excluding carboxylic acids is 1. The van der Waals surface area contributed by atoms with Crippen LogP contribution in [0, 0.1) is 0 Å². The van der Waals surface area contributed by atoms with Gasteiger partial charge in [0.25, 0.3) is 0 Å². The van der Waals surface area contributed by atoms with Crippen molar-refractivity contribution < 1.29 is 19.4 Å². The molecule has 15 heavy (non-hydrogen) atoms. The number of carboxylic acids is 1. The molecule has 0 aromatic heterocycles. The topological polar surface area (TPSA) is 87.7 Å². The second-order valence-electron chi connectivity index (χ2n) is 3.38. The Hall–Kier alpha value is -1.30. The van der Waals surface area contributed by atoms with E-state index >= 15 is 0 Å². The third kappa shape index (κ3) is 7.75. The average molecular weight is 218 g/mol. The average Bonchev–Trinajstić information content (AvgIpc) is 2.12. The van der Waals surface area contributed by atoms with Crippen molar-refractivity contribution in [3.05, 3.63) is 0 Å². The van der Waals surface area contributed by atoms with Crippen LogP contribution < -0.4 is 10.6 Å². The van der Waals surface area contributed by atoms with Gasteiger partial charge >= 0.3 is 12.0 Å². The van der Waals surface area contributed by atoms with Crippen LogP contribution in [0.1, 0.15) is 20.8 Å². The molecular weight excluding hydrogens is 200 g/mol. The smallest absolute Gasteiger partial charge is 0.325 e. The fraction of sp³-hybridized carbons (Fsp3) is 0.778. The molecule has 0 fully saturated rings. The number of ether oxygens (including phenoxy) is 1. The van der Waals surface area contributed by atoms with E-state index in [9.17, 15) is 9.59 Å². The number of urea groups is 1. The Bertz CT molecular complexity index is 218. The third-order valence-electron chi connectivity index (χ3n) is 1.56. The van der Waals surface area contributed by atoms with Gasteiger partial charge in [0.2, 0.25) is 0 Å². The van der Waals surface area contributed by atoms with Gasteiger partial charge in [0.1, 0.15) is 6.04 Å². The summed E-state index contributed by atoms with van der Waals surface area (Å²) in [5.41, 5.74) is 0. The van der Waals surface area contributed by atoms with Gasteiger partial charge in [0.15, 0.2) is 0 Å². The molecule has 0 bridgehead atoms. The molecule has 0 heterocycles. The second kappa shape index (κ2) is 7.05.